The second-order valence-corrected chi connectivity index (χ2v) is 5.32. The van der Waals surface area contributed by atoms with Crippen molar-refractivity contribution >= 4 is 11.6 Å². The van der Waals surface area contributed by atoms with Crippen LogP contribution in [0.25, 0.3) is 0 Å². The molecule has 1 aliphatic heterocycles. The number of pyridine rings is 1. The number of anilines is 2. The molecule has 0 amide bonds. The van der Waals surface area contributed by atoms with Crippen molar-refractivity contribution in [3.63, 3.8) is 0 Å². The Morgan fingerprint density at radius 2 is 2.20 bits per heavy atom. The number of nitrogens with zero attached hydrogens (tertiary/aromatic N) is 3. The molecule has 0 aliphatic carbocycles. The molecular formula is C14H22F2N4. The highest BCUT2D eigenvalue weighted by Gasteiger charge is 2.25. The monoisotopic (exact) mass is 284 g/mol. The Morgan fingerprint density at radius 3 is 2.85 bits per heavy atom. The molecule has 1 atom stereocenters. The van der Waals surface area contributed by atoms with Crippen LogP contribution in [0.15, 0.2) is 6.07 Å². The Balaban J connectivity index is 2.24. The average molecular weight is 284 g/mol. The van der Waals surface area contributed by atoms with E-state index in [1.165, 1.54) is 0 Å². The van der Waals surface area contributed by atoms with Crippen molar-refractivity contribution < 1.29 is 8.78 Å². The quantitative estimate of drug-likeness (QED) is 0.919. The number of likely N-dealkylation sites (N-methyl/N-ethyl adjacent to an activating group) is 2. The largest absolute Gasteiger partial charge is 0.368 e. The fraction of sp³-hybridized carbons (Fsp3) is 0.643. The van der Waals surface area contributed by atoms with Crippen molar-refractivity contribution in [1.29, 1.82) is 0 Å². The maximum atomic E-state index is 14.0. The van der Waals surface area contributed by atoms with Gasteiger partial charge in [-0.05, 0) is 33.4 Å². The molecule has 1 aromatic heterocycles. The van der Waals surface area contributed by atoms with Crippen molar-refractivity contribution in [3.8, 4) is 0 Å². The van der Waals surface area contributed by atoms with E-state index in [1.54, 1.807) is 0 Å². The molecule has 0 aromatic carbocycles. The van der Waals surface area contributed by atoms with E-state index in [0.717, 1.165) is 32.0 Å². The van der Waals surface area contributed by atoms with Gasteiger partial charge in [0, 0.05) is 32.2 Å². The van der Waals surface area contributed by atoms with Crippen LogP contribution < -0.4 is 10.2 Å². The summed E-state index contributed by atoms with van der Waals surface area (Å²) in [5, 5.41) is 2.82. The van der Waals surface area contributed by atoms with Crippen molar-refractivity contribution in [2.75, 3.05) is 43.9 Å². The molecule has 1 unspecified atom stereocenters. The third-order valence-electron chi connectivity index (χ3n) is 3.74. The molecule has 1 N–H and O–H groups in total. The number of nitrogens with one attached hydrogen (secondary N) is 1. The number of piperidine rings is 1. The third kappa shape index (κ3) is 3.17. The van der Waals surface area contributed by atoms with Gasteiger partial charge in [0.15, 0.2) is 23.3 Å². The highest BCUT2D eigenvalue weighted by atomic mass is 19.1. The second kappa shape index (κ2) is 6.35. The molecule has 6 heteroatoms. The fourth-order valence-electron chi connectivity index (χ4n) is 2.62. The zero-order chi connectivity index (χ0) is 14.7. The lowest BCUT2D eigenvalue weighted by Crippen LogP contribution is -2.45. The Hall–Kier alpha value is -1.43. The van der Waals surface area contributed by atoms with E-state index < -0.39 is 11.6 Å². The normalized spacial score (nSPS) is 19.9. The van der Waals surface area contributed by atoms with Crippen LogP contribution in [0.1, 0.15) is 19.8 Å². The van der Waals surface area contributed by atoms with Crippen LogP contribution in [0.4, 0.5) is 20.4 Å². The first-order valence-corrected chi connectivity index (χ1v) is 7.04. The summed E-state index contributed by atoms with van der Waals surface area (Å²) in [5.74, 6) is -0.940. The zero-order valence-corrected chi connectivity index (χ0v) is 12.3. The molecular weight excluding hydrogens is 262 g/mol. The molecule has 0 bridgehead atoms. The number of hydrogen-bond acceptors (Lipinski definition) is 4. The van der Waals surface area contributed by atoms with E-state index in [-0.39, 0.29) is 17.7 Å². The Kier molecular flexibility index (Phi) is 4.75. The smallest absolute Gasteiger partial charge is 0.168 e. The van der Waals surface area contributed by atoms with E-state index in [4.69, 9.17) is 0 Å². The fourth-order valence-corrected chi connectivity index (χ4v) is 2.62. The van der Waals surface area contributed by atoms with Gasteiger partial charge >= 0.3 is 0 Å². The lowest BCUT2D eigenvalue weighted by molar-refractivity contribution is 0.247. The van der Waals surface area contributed by atoms with E-state index in [9.17, 15) is 8.78 Å². The molecule has 1 fully saturated rings. The predicted octanol–water partition coefficient (Wildman–Crippen LogP) is 2.32. The van der Waals surface area contributed by atoms with Crippen LogP contribution in [0.5, 0.6) is 0 Å². The van der Waals surface area contributed by atoms with E-state index >= 15 is 0 Å². The van der Waals surface area contributed by atoms with Gasteiger partial charge in [-0.25, -0.2) is 13.8 Å². The van der Waals surface area contributed by atoms with Gasteiger partial charge in [-0.1, -0.05) is 0 Å². The Bertz CT molecular complexity index is 467. The number of likely N-dealkylation sites (tertiary alicyclic amines) is 1. The number of halogens is 2. The van der Waals surface area contributed by atoms with Crippen molar-refractivity contribution in [2.45, 2.75) is 25.8 Å². The number of hydrogen-bond donors (Lipinski definition) is 1. The van der Waals surface area contributed by atoms with Crippen LogP contribution in [0.2, 0.25) is 0 Å². The van der Waals surface area contributed by atoms with E-state index in [1.807, 2.05) is 18.9 Å². The van der Waals surface area contributed by atoms with E-state index in [2.05, 4.69) is 22.2 Å². The van der Waals surface area contributed by atoms with Crippen LogP contribution in [0.3, 0.4) is 0 Å². The lowest BCUT2D eigenvalue weighted by atomic mass is 10.1. The van der Waals surface area contributed by atoms with Gasteiger partial charge in [-0.2, -0.15) is 0 Å². The van der Waals surface area contributed by atoms with Crippen molar-refractivity contribution in [2.24, 2.45) is 0 Å². The Labute approximate surface area is 118 Å². The molecule has 4 nitrogen and oxygen atoms in total. The summed E-state index contributed by atoms with van der Waals surface area (Å²) in [6, 6.07) is 1.11. The van der Waals surface area contributed by atoms with E-state index in [0.29, 0.717) is 6.54 Å². The highest BCUT2D eigenvalue weighted by molar-refractivity contribution is 5.49. The second-order valence-electron chi connectivity index (χ2n) is 5.32. The van der Waals surface area contributed by atoms with Crippen LogP contribution in [-0.4, -0.2) is 49.7 Å². The van der Waals surface area contributed by atoms with Crippen LogP contribution in [-0.2, 0) is 0 Å². The van der Waals surface area contributed by atoms with Gasteiger partial charge < -0.3 is 15.1 Å². The minimum absolute atomic E-state index is 0.111. The number of aromatic nitrogens is 1. The summed E-state index contributed by atoms with van der Waals surface area (Å²) < 4.78 is 27.6. The lowest BCUT2D eigenvalue weighted by Gasteiger charge is -2.36. The first kappa shape index (κ1) is 15.0. The zero-order valence-electron chi connectivity index (χ0n) is 12.3. The first-order valence-electron chi connectivity index (χ1n) is 7.04. The van der Waals surface area contributed by atoms with Crippen LogP contribution in [0, 0.1) is 11.6 Å². The van der Waals surface area contributed by atoms with Crippen molar-refractivity contribution in [3.05, 3.63) is 17.7 Å². The SMILES string of the molecule is CCNc1nc(N(C)C2CCCN(C)C2)c(F)cc1F. The predicted molar refractivity (Wildman–Crippen MR) is 77.2 cm³/mol. The molecule has 2 rings (SSSR count). The van der Waals surface area contributed by atoms with Gasteiger partial charge in [-0.15, -0.1) is 0 Å². The van der Waals surface area contributed by atoms with Gasteiger partial charge in [-0.3, -0.25) is 0 Å². The minimum Gasteiger partial charge on any atom is -0.368 e. The molecule has 1 aliphatic rings. The standard InChI is InChI=1S/C14H22F2N4/c1-4-17-13-11(15)8-12(16)14(18-13)20(3)10-6-5-7-19(2)9-10/h8,10H,4-7,9H2,1-3H3,(H,17,18). The molecule has 2 heterocycles. The molecule has 20 heavy (non-hydrogen) atoms. The molecule has 1 saturated heterocycles. The minimum atomic E-state index is -0.651. The maximum Gasteiger partial charge on any atom is 0.168 e. The van der Waals surface area contributed by atoms with Gasteiger partial charge in [0.05, 0.1) is 0 Å². The topological polar surface area (TPSA) is 31.4 Å². The summed E-state index contributed by atoms with van der Waals surface area (Å²) in [5.41, 5.74) is 0. The third-order valence-corrected chi connectivity index (χ3v) is 3.74. The van der Waals surface area contributed by atoms with Gasteiger partial charge in [0.1, 0.15) is 0 Å². The molecule has 0 saturated carbocycles. The molecule has 1 aromatic rings. The summed E-state index contributed by atoms with van der Waals surface area (Å²) >= 11 is 0. The highest BCUT2D eigenvalue weighted by Crippen LogP contribution is 2.25. The average Bonchev–Trinajstić information content (AvgIpc) is 2.41. The first-order chi connectivity index (χ1) is 9.52. The summed E-state index contributed by atoms with van der Waals surface area (Å²) in [7, 11) is 3.88. The molecule has 112 valence electrons. The summed E-state index contributed by atoms with van der Waals surface area (Å²) in [6.07, 6.45) is 2.07. The summed E-state index contributed by atoms with van der Waals surface area (Å²) in [6.45, 7) is 4.33. The molecule has 0 spiro atoms. The molecule has 0 radical (unpaired) electrons. The van der Waals surface area contributed by atoms with Gasteiger partial charge in [0.2, 0.25) is 0 Å². The van der Waals surface area contributed by atoms with Gasteiger partial charge in [0.25, 0.3) is 0 Å². The van der Waals surface area contributed by atoms with Crippen LogP contribution >= 0.6 is 0 Å². The number of rotatable bonds is 4. The Morgan fingerprint density at radius 1 is 1.45 bits per heavy atom. The van der Waals surface area contributed by atoms with Crippen molar-refractivity contribution in [1.82, 2.24) is 9.88 Å². The summed E-state index contributed by atoms with van der Waals surface area (Å²) in [4.78, 5) is 8.15. The maximum absolute atomic E-state index is 14.0.